The fourth-order valence-electron chi connectivity index (χ4n) is 2.64. The standard InChI is InChI=1S/C13H16FNOS/c14-9-1-2-10-11(15)6-12(16-13(10)5-9)8-3-4-17-7-8/h1-2,5,8,11-12H,3-4,6-7,15H2. The Morgan fingerprint density at radius 3 is 3.06 bits per heavy atom. The molecule has 2 aliphatic rings. The van der Waals surface area contributed by atoms with Crippen molar-refractivity contribution in [3.05, 3.63) is 29.6 Å². The number of nitrogens with two attached hydrogens (primary N) is 1. The minimum Gasteiger partial charge on any atom is -0.490 e. The molecule has 0 radical (unpaired) electrons. The van der Waals surface area contributed by atoms with Gasteiger partial charge in [0.05, 0.1) is 0 Å². The molecule has 3 atom stereocenters. The lowest BCUT2D eigenvalue weighted by molar-refractivity contribution is 0.109. The van der Waals surface area contributed by atoms with Gasteiger partial charge in [0.15, 0.2) is 0 Å². The maximum Gasteiger partial charge on any atom is 0.127 e. The zero-order chi connectivity index (χ0) is 11.8. The van der Waals surface area contributed by atoms with E-state index >= 15 is 0 Å². The van der Waals surface area contributed by atoms with E-state index in [1.165, 1.54) is 24.3 Å². The average molecular weight is 253 g/mol. The van der Waals surface area contributed by atoms with Crippen molar-refractivity contribution < 1.29 is 9.13 Å². The van der Waals surface area contributed by atoms with Gasteiger partial charge in [0.25, 0.3) is 0 Å². The second kappa shape index (κ2) is 4.50. The molecular weight excluding hydrogens is 237 g/mol. The van der Waals surface area contributed by atoms with Crippen LogP contribution in [0.4, 0.5) is 4.39 Å². The minimum absolute atomic E-state index is 0.0186. The normalized spacial score (nSPS) is 32.0. The maximum absolute atomic E-state index is 13.2. The van der Waals surface area contributed by atoms with Crippen LogP contribution in [0.25, 0.3) is 0 Å². The summed E-state index contributed by atoms with van der Waals surface area (Å²) in [4.78, 5) is 0. The molecule has 0 amide bonds. The molecule has 1 saturated heterocycles. The third-order valence-electron chi connectivity index (χ3n) is 3.63. The summed E-state index contributed by atoms with van der Waals surface area (Å²) in [6, 6.07) is 4.64. The molecule has 1 fully saturated rings. The number of fused-ring (bicyclic) bond motifs is 1. The van der Waals surface area contributed by atoms with E-state index in [1.54, 1.807) is 6.07 Å². The fraction of sp³-hybridized carbons (Fsp3) is 0.538. The molecule has 2 aliphatic heterocycles. The van der Waals surface area contributed by atoms with Gasteiger partial charge in [-0.05, 0) is 24.0 Å². The van der Waals surface area contributed by atoms with Crippen LogP contribution >= 0.6 is 11.8 Å². The van der Waals surface area contributed by atoms with Crippen LogP contribution in [0.5, 0.6) is 5.75 Å². The molecule has 0 aliphatic carbocycles. The SMILES string of the molecule is NC1CC(C2CCSC2)Oc2cc(F)ccc21. The molecule has 17 heavy (non-hydrogen) atoms. The Bertz CT molecular complexity index is 420. The number of hydrogen-bond acceptors (Lipinski definition) is 3. The summed E-state index contributed by atoms with van der Waals surface area (Å²) in [5, 5.41) is 0. The van der Waals surface area contributed by atoms with Crippen LogP contribution < -0.4 is 10.5 Å². The van der Waals surface area contributed by atoms with Crippen molar-refractivity contribution in [3.63, 3.8) is 0 Å². The smallest absolute Gasteiger partial charge is 0.127 e. The lowest BCUT2D eigenvalue weighted by Gasteiger charge is -2.33. The van der Waals surface area contributed by atoms with Crippen molar-refractivity contribution in [2.45, 2.75) is 25.0 Å². The molecule has 3 rings (SSSR count). The highest BCUT2D eigenvalue weighted by molar-refractivity contribution is 7.99. The topological polar surface area (TPSA) is 35.2 Å². The molecule has 1 aromatic rings. The van der Waals surface area contributed by atoms with Crippen LogP contribution in [-0.4, -0.2) is 17.6 Å². The van der Waals surface area contributed by atoms with Gasteiger partial charge in [-0.1, -0.05) is 6.07 Å². The molecule has 1 aromatic carbocycles. The van der Waals surface area contributed by atoms with E-state index in [1.807, 2.05) is 11.8 Å². The van der Waals surface area contributed by atoms with Crippen LogP contribution in [0.2, 0.25) is 0 Å². The van der Waals surface area contributed by atoms with Gasteiger partial charge in [-0.15, -0.1) is 0 Å². The first-order valence-electron chi connectivity index (χ1n) is 6.03. The zero-order valence-corrected chi connectivity index (χ0v) is 10.4. The molecule has 2 heterocycles. The zero-order valence-electron chi connectivity index (χ0n) is 9.56. The molecule has 0 spiro atoms. The van der Waals surface area contributed by atoms with Gasteiger partial charge in [0.2, 0.25) is 0 Å². The van der Waals surface area contributed by atoms with E-state index in [-0.39, 0.29) is 18.0 Å². The third-order valence-corrected chi connectivity index (χ3v) is 4.82. The number of halogens is 1. The Kier molecular flexibility index (Phi) is 3.01. The fourth-order valence-corrected chi connectivity index (χ4v) is 3.96. The molecule has 2 nitrogen and oxygen atoms in total. The van der Waals surface area contributed by atoms with Gasteiger partial charge in [0.1, 0.15) is 17.7 Å². The summed E-state index contributed by atoms with van der Waals surface area (Å²) >= 11 is 1.97. The molecule has 3 unspecified atom stereocenters. The summed E-state index contributed by atoms with van der Waals surface area (Å²) in [7, 11) is 0. The number of ether oxygens (including phenoxy) is 1. The molecule has 2 N–H and O–H groups in total. The summed E-state index contributed by atoms with van der Waals surface area (Å²) < 4.78 is 19.1. The Morgan fingerprint density at radius 2 is 2.29 bits per heavy atom. The summed E-state index contributed by atoms with van der Waals surface area (Å²) in [5.74, 6) is 3.31. The predicted molar refractivity (Wildman–Crippen MR) is 67.8 cm³/mol. The largest absolute Gasteiger partial charge is 0.490 e. The van der Waals surface area contributed by atoms with E-state index in [2.05, 4.69) is 0 Å². The van der Waals surface area contributed by atoms with Crippen molar-refractivity contribution in [1.29, 1.82) is 0 Å². The second-order valence-corrected chi connectivity index (χ2v) is 5.95. The maximum atomic E-state index is 13.2. The first kappa shape index (κ1) is 11.4. The minimum atomic E-state index is -0.252. The Morgan fingerprint density at radius 1 is 1.41 bits per heavy atom. The average Bonchev–Trinajstić information content (AvgIpc) is 2.81. The number of thioether (sulfide) groups is 1. The van der Waals surface area contributed by atoms with E-state index in [9.17, 15) is 4.39 Å². The highest BCUT2D eigenvalue weighted by atomic mass is 32.2. The van der Waals surface area contributed by atoms with Crippen LogP contribution in [0.3, 0.4) is 0 Å². The molecular formula is C13H16FNOS. The van der Waals surface area contributed by atoms with Crippen molar-refractivity contribution in [2.24, 2.45) is 11.7 Å². The molecule has 0 aromatic heterocycles. The highest BCUT2D eigenvalue weighted by Crippen LogP contribution is 2.39. The van der Waals surface area contributed by atoms with Crippen molar-refractivity contribution in [1.82, 2.24) is 0 Å². The van der Waals surface area contributed by atoms with Crippen LogP contribution in [0, 0.1) is 11.7 Å². The van der Waals surface area contributed by atoms with Gasteiger partial charge < -0.3 is 10.5 Å². The van der Waals surface area contributed by atoms with Crippen LogP contribution in [-0.2, 0) is 0 Å². The monoisotopic (exact) mass is 253 g/mol. The first-order chi connectivity index (χ1) is 8.24. The van der Waals surface area contributed by atoms with E-state index < -0.39 is 0 Å². The summed E-state index contributed by atoms with van der Waals surface area (Å²) in [6.07, 6.45) is 2.20. The van der Waals surface area contributed by atoms with E-state index in [4.69, 9.17) is 10.5 Å². The van der Waals surface area contributed by atoms with E-state index in [0.29, 0.717) is 11.7 Å². The Labute approximate surface area is 105 Å². The third kappa shape index (κ3) is 2.16. The molecule has 0 bridgehead atoms. The van der Waals surface area contributed by atoms with Gasteiger partial charge in [0, 0.05) is 30.0 Å². The Hall–Kier alpha value is -0.740. The van der Waals surface area contributed by atoms with E-state index in [0.717, 1.165) is 17.7 Å². The summed E-state index contributed by atoms with van der Waals surface area (Å²) in [6.45, 7) is 0. The van der Waals surface area contributed by atoms with Gasteiger partial charge in [-0.25, -0.2) is 4.39 Å². The quantitative estimate of drug-likeness (QED) is 0.836. The van der Waals surface area contributed by atoms with Crippen molar-refractivity contribution >= 4 is 11.8 Å². The second-order valence-electron chi connectivity index (χ2n) is 4.80. The van der Waals surface area contributed by atoms with Gasteiger partial charge in [-0.2, -0.15) is 11.8 Å². The highest BCUT2D eigenvalue weighted by Gasteiger charge is 2.33. The van der Waals surface area contributed by atoms with Crippen LogP contribution in [0.1, 0.15) is 24.4 Å². The number of benzene rings is 1. The predicted octanol–water partition coefficient (Wildman–Crippen LogP) is 2.73. The first-order valence-corrected chi connectivity index (χ1v) is 7.19. The lowest BCUT2D eigenvalue weighted by Crippen LogP contribution is -2.35. The number of rotatable bonds is 1. The molecule has 0 saturated carbocycles. The van der Waals surface area contributed by atoms with Crippen LogP contribution in [0.15, 0.2) is 18.2 Å². The summed E-state index contributed by atoms with van der Waals surface area (Å²) in [5.41, 5.74) is 7.08. The Balaban J connectivity index is 1.85. The molecule has 4 heteroatoms. The lowest BCUT2D eigenvalue weighted by atomic mass is 9.90. The van der Waals surface area contributed by atoms with Gasteiger partial charge >= 0.3 is 0 Å². The number of hydrogen-bond donors (Lipinski definition) is 1. The van der Waals surface area contributed by atoms with Gasteiger partial charge in [-0.3, -0.25) is 0 Å². The van der Waals surface area contributed by atoms with Crippen molar-refractivity contribution in [2.75, 3.05) is 11.5 Å². The van der Waals surface area contributed by atoms with Crippen molar-refractivity contribution in [3.8, 4) is 5.75 Å². The molecule has 92 valence electrons.